The maximum Gasteiger partial charge on any atom is 0.262 e. The van der Waals surface area contributed by atoms with Crippen LogP contribution in [0.4, 0.5) is 5.69 Å². The molecule has 0 aliphatic carbocycles. The van der Waals surface area contributed by atoms with Gasteiger partial charge >= 0.3 is 0 Å². The zero-order valence-corrected chi connectivity index (χ0v) is 18.5. The van der Waals surface area contributed by atoms with E-state index in [-0.39, 0.29) is 12.5 Å². The zero-order valence-electron chi connectivity index (χ0n) is 18.5. The Bertz CT molecular complexity index is 1240. The normalized spacial score (nSPS) is 10.5. The van der Waals surface area contributed by atoms with E-state index >= 15 is 0 Å². The molecule has 1 N–H and O–H groups in total. The van der Waals surface area contributed by atoms with Crippen LogP contribution >= 0.6 is 0 Å². The number of benzene rings is 2. The van der Waals surface area contributed by atoms with Crippen LogP contribution in [-0.4, -0.2) is 39.6 Å². The number of amides is 1. The van der Waals surface area contributed by atoms with Crippen molar-refractivity contribution in [2.24, 2.45) is 0 Å². The number of nitrogens with one attached hydrogen (secondary N) is 1. The molecule has 2 heterocycles. The Morgan fingerprint density at radius 2 is 1.73 bits per heavy atom. The third kappa shape index (κ3) is 5.65. The first-order chi connectivity index (χ1) is 16.0. The van der Waals surface area contributed by atoms with Crippen LogP contribution in [0.5, 0.6) is 23.1 Å². The van der Waals surface area contributed by atoms with Crippen LogP contribution in [0.15, 0.2) is 66.7 Å². The second kappa shape index (κ2) is 9.82. The predicted molar refractivity (Wildman–Crippen MR) is 122 cm³/mol. The molecule has 0 bridgehead atoms. The first kappa shape index (κ1) is 21.8. The van der Waals surface area contributed by atoms with Gasteiger partial charge in [0.15, 0.2) is 12.4 Å². The minimum Gasteiger partial charge on any atom is -0.497 e. The molecule has 4 rings (SSSR count). The van der Waals surface area contributed by atoms with E-state index in [2.05, 4.69) is 20.6 Å². The van der Waals surface area contributed by atoms with E-state index in [1.54, 1.807) is 72.5 Å². The fourth-order valence-electron chi connectivity index (χ4n) is 3.11. The third-order valence-corrected chi connectivity index (χ3v) is 4.62. The van der Waals surface area contributed by atoms with Crippen LogP contribution in [-0.2, 0) is 4.79 Å². The van der Waals surface area contributed by atoms with E-state index in [1.807, 2.05) is 19.9 Å². The van der Waals surface area contributed by atoms with Gasteiger partial charge in [0, 0.05) is 23.5 Å². The summed E-state index contributed by atoms with van der Waals surface area (Å²) in [6.07, 6.45) is 0. The molecule has 0 aliphatic rings. The fraction of sp³-hybridized carbons (Fsp3) is 0.167. The molecule has 0 atom stereocenters. The van der Waals surface area contributed by atoms with E-state index in [4.69, 9.17) is 14.2 Å². The maximum atomic E-state index is 12.2. The molecule has 0 fully saturated rings. The number of methoxy groups -OCH3 is 1. The Morgan fingerprint density at radius 3 is 2.39 bits per heavy atom. The van der Waals surface area contributed by atoms with Crippen LogP contribution in [0.1, 0.15) is 11.4 Å². The molecule has 9 heteroatoms. The number of aromatic nitrogens is 4. The summed E-state index contributed by atoms with van der Waals surface area (Å²) in [7, 11) is 1.57. The van der Waals surface area contributed by atoms with Crippen molar-refractivity contribution in [3.8, 4) is 28.9 Å². The molecule has 168 valence electrons. The molecule has 0 spiro atoms. The van der Waals surface area contributed by atoms with Gasteiger partial charge < -0.3 is 19.5 Å². The summed E-state index contributed by atoms with van der Waals surface area (Å²) in [5, 5.41) is 15.5. The fourth-order valence-corrected chi connectivity index (χ4v) is 3.11. The van der Waals surface area contributed by atoms with E-state index in [9.17, 15) is 4.79 Å². The van der Waals surface area contributed by atoms with Crippen LogP contribution < -0.4 is 19.5 Å². The van der Waals surface area contributed by atoms with Crippen molar-refractivity contribution >= 4 is 11.6 Å². The molecule has 2 aromatic heterocycles. The number of ether oxygens (including phenoxy) is 3. The van der Waals surface area contributed by atoms with Crippen molar-refractivity contribution < 1.29 is 19.0 Å². The number of nitrogens with zero attached hydrogens (tertiary/aromatic N) is 4. The van der Waals surface area contributed by atoms with Gasteiger partial charge in [0.1, 0.15) is 17.2 Å². The summed E-state index contributed by atoms with van der Waals surface area (Å²) >= 11 is 0. The molecule has 1 amide bonds. The zero-order chi connectivity index (χ0) is 23.2. The first-order valence-electron chi connectivity index (χ1n) is 10.2. The molecule has 2 aromatic carbocycles. The van der Waals surface area contributed by atoms with Gasteiger partial charge in [0.25, 0.3) is 5.91 Å². The predicted octanol–water partition coefficient (Wildman–Crippen LogP) is 4.10. The summed E-state index contributed by atoms with van der Waals surface area (Å²) < 4.78 is 18.1. The molecular formula is C24H23N5O4. The van der Waals surface area contributed by atoms with Gasteiger partial charge in [0.2, 0.25) is 5.88 Å². The molecule has 0 unspecified atom stereocenters. The minimum absolute atomic E-state index is 0.122. The van der Waals surface area contributed by atoms with Crippen molar-refractivity contribution in [3.05, 3.63) is 78.1 Å². The molecule has 9 nitrogen and oxygen atoms in total. The second-order valence-electron chi connectivity index (χ2n) is 7.21. The summed E-state index contributed by atoms with van der Waals surface area (Å²) in [4.78, 5) is 12.2. The number of carbonyl (C=O) groups is 1. The van der Waals surface area contributed by atoms with E-state index < -0.39 is 0 Å². The molecular weight excluding hydrogens is 422 g/mol. The van der Waals surface area contributed by atoms with Gasteiger partial charge in [-0.05, 0) is 62.4 Å². The molecule has 0 aliphatic heterocycles. The number of hydrogen-bond donors (Lipinski definition) is 1. The standard InChI is InChI=1S/C24H23N5O4/c1-16-13-17(2)29(28-16)22-11-12-24(27-26-22)33-19-9-7-18(8-10-19)25-23(30)15-32-21-6-4-5-20(14-21)31-3/h4-14H,15H2,1-3H3,(H,25,30). The number of hydrogen-bond acceptors (Lipinski definition) is 7. The van der Waals surface area contributed by atoms with E-state index in [1.165, 1.54) is 0 Å². The highest BCUT2D eigenvalue weighted by molar-refractivity contribution is 5.91. The number of rotatable bonds is 8. The topological polar surface area (TPSA) is 100 Å². The van der Waals surface area contributed by atoms with Gasteiger partial charge in [0.05, 0.1) is 12.8 Å². The van der Waals surface area contributed by atoms with Crippen molar-refractivity contribution in [1.82, 2.24) is 20.0 Å². The van der Waals surface area contributed by atoms with E-state index in [0.29, 0.717) is 34.6 Å². The maximum absolute atomic E-state index is 12.2. The highest BCUT2D eigenvalue weighted by Gasteiger charge is 2.08. The Morgan fingerprint density at radius 1 is 0.939 bits per heavy atom. The smallest absolute Gasteiger partial charge is 0.262 e. The summed E-state index contributed by atoms with van der Waals surface area (Å²) in [5.41, 5.74) is 2.50. The molecule has 0 saturated heterocycles. The summed E-state index contributed by atoms with van der Waals surface area (Å²) in [5.74, 6) is 2.46. The lowest BCUT2D eigenvalue weighted by Crippen LogP contribution is -2.20. The Hall–Kier alpha value is -4.40. The van der Waals surface area contributed by atoms with Crippen LogP contribution in [0.3, 0.4) is 0 Å². The van der Waals surface area contributed by atoms with Gasteiger partial charge in [-0.3, -0.25) is 4.79 Å². The first-order valence-corrected chi connectivity index (χ1v) is 10.2. The number of anilines is 1. The van der Waals surface area contributed by atoms with Crippen LogP contribution in [0.25, 0.3) is 5.82 Å². The lowest BCUT2D eigenvalue weighted by atomic mass is 10.3. The Labute approximate surface area is 190 Å². The van der Waals surface area contributed by atoms with Crippen LogP contribution in [0, 0.1) is 13.8 Å². The number of aryl methyl sites for hydroxylation is 2. The average molecular weight is 445 g/mol. The quantitative estimate of drug-likeness (QED) is 0.436. The summed E-state index contributed by atoms with van der Waals surface area (Å²) in [6.45, 7) is 3.76. The molecule has 0 radical (unpaired) electrons. The second-order valence-corrected chi connectivity index (χ2v) is 7.21. The van der Waals surface area contributed by atoms with Crippen molar-refractivity contribution in [1.29, 1.82) is 0 Å². The van der Waals surface area contributed by atoms with Gasteiger partial charge in [-0.15, -0.1) is 10.2 Å². The molecule has 0 saturated carbocycles. The highest BCUT2D eigenvalue weighted by atomic mass is 16.5. The highest BCUT2D eigenvalue weighted by Crippen LogP contribution is 2.22. The summed E-state index contributed by atoms with van der Waals surface area (Å²) in [6, 6.07) is 19.5. The lowest BCUT2D eigenvalue weighted by molar-refractivity contribution is -0.118. The SMILES string of the molecule is COc1cccc(OCC(=O)Nc2ccc(Oc3ccc(-n4nc(C)cc4C)nn3)cc2)c1. The van der Waals surface area contributed by atoms with Crippen molar-refractivity contribution in [2.75, 3.05) is 19.0 Å². The monoisotopic (exact) mass is 445 g/mol. The van der Waals surface area contributed by atoms with Crippen LogP contribution in [0.2, 0.25) is 0 Å². The molecule has 33 heavy (non-hydrogen) atoms. The van der Waals surface area contributed by atoms with E-state index in [0.717, 1.165) is 11.4 Å². The Kier molecular flexibility index (Phi) is 6.49. The lowest BCUT2D eigenvalue weighted by Gasteiger charge is -2.09. The van der Waals surface area contributed by atoms with Crippen molar-refractivity contribution in [3.63, 3.8) is 0 Å². The number of carbonyl (C=O) groups excluding carboxylic acids is 1. The average Bonchev–Trinajstić information content (AvgIpc) is 3.17. The van der Waals surface area contributed by atoms with Gasteiger partial charge in [-0.1, -0.05) is 6.07 Å². The minimum atomic E-state index is -0.280. The van der Waals surface area contributed by atoms with Gasteiger partial charge in [-0.25, -0.2) is 4.68 Å². The molecule has 4 aromatic rings. The van der Waals surface area contributed by atoms with Gasteiger partial charge in [-0.2, -0.15) is 5.10 Å². The van der Waals surface area contributed by atoms with Crippen molar-refractivity contribution in [2.45, 2.75) is 13.8 Å². The largest absolute Gasteiger partial charge is 0.497 e. The third-order valence-electron chi connectivity index (χ3n) is 4.62. The Balaban J connectivity index is 1.30.